The smallest absolute Gasteiger partial charge is 0.410 e. The molecule has 1 aliphatic rings. The zero-order chi connectivity index (χ0) is 11.5. The maximum atomic E-state index is 11.4. The highest BCUT2D eigenvalue weighted by Crippen LogP contribution is 2.26. The Hall–Kier alpha value is -1.75. The van der Waals surface area contributed by atoms with Gasteiger partial charge in [0.05, 0.1) is 6.54 Å². The number of phenols is 1. The van der Waals surface area contributed by atoms with Crippen LogP contribution in [0.2, 0.25) is 0 Å². The number of cyclic esters (lactones) is 1. The van der Waals surface area contributed by atoms with Gasteiger partial charge in [0, 0.05) is 13.1 Å². The van der Waals surface area contributed by atoms with Crippen LogP contribution in [0.15, 0.2) is 24.3 Å². The van der Waals surface area contributed by atoms with Gasteiger partial charge in [0.25, 0.3) is 0 Å². The van der Waals surface area contributed by atoms with Gasteiger partial charge in [-0.3, -0.25) is 0 Å². The zero-order valence-corrected chi connectivity index (χ0v) is 8.80. The molecular formula is C11H14N2O3. The van der Waals surface area contributed by atoms with E-state index in [9.17, 15) is 4.79 Å². The van der Waals surface area contributed by atoms with Crippen molar-refractivity contribution in [2.24, 2.45) is 5.73 Å². The fourth-order valence-electron chi connectivity index (χ4n) is 1.71. The van der Waals surface area contributed by atoms with E-state index in [1.165, 1.54) is 0 Å². The van der Waals surface area contributed by atoms with Gasteiger partial charge in [-0.15, -0.1) is 0 Å². The molecule has 1 heterocycles. The molecule has 0 spiro atoms. The lowest BCUT2D eigenvalue weighted by Gasteiger charge is -2.10. The lowest BCUT2D eigenvalue weighted by Crippen LogP contribution is -2.30. The van der Waals surface area contributed by atoms with Crippen molar-refractivity contribution < 1.29 is 14.6 Å². The van der Waals surface area contributed by atoms with Crippen LogP contribution in [0.3, 0.4) is 0 Å². The second-order valence-electron chi connectivity index (χ2n) is 3.70. The summed E-state index contributed by atoms with van der Waals surface area (Å²) >= 11 is 0. The summed E-state index contributed by atoms with van der Waals surface area (Å²) in [6, 6.07) is 6.65. The predicted octanol–water partition coefficient (Wildman–Crippen LogP) is 0.844. The molecule has 0 aromatic heterocycles. The molecule has 5 heteroatoms. The van der Waals surface area contributed by atoms with Crippen LogP contribution < -0.4 is 5.73 Å². The summed E-state index contributed by atoms with van der Waals surface area (Å²) in [6.45, 7) is 1.45. The molecule has 5 nitrogen and oxygen atoms in total. The molecule has 1 amide bonds. The third-order valence-electron chi connectivity index (χ3n) is 2.55. The largest absolute Gasteiger partial charge is 0.508 e. The third-order valence-corrected chi connectivity index (χ3v) is 2.55. The molecule has 0 bridgehead atoms. The Kier molecular flexibility index (Phi) is 2.96. The van der Waals surface area contributed by atoms with Gasteiger partial charge < -0.3 is 20.5 Å². The number of nitrogens with zero attached hydrogens (tertiary/aromatic N) is 1. The second kappa shape index (κ2) is 4.40. The number of hydrogen-bond donors (Lipinski definition) is 2. The van der Waals surface area contributed by atoms with Crippen LogP contribution in [0.4, 0.5) is 4.79 Å². The van der Waals surface area contributed by atoms with Crippen molar-refractivity contribution in [3.05, 3.63) is 29.8 Å². The standard InChI is InChI=1S/C11H14N2O3/c12-5-6-13-7-10(16-11(13)15)8-1-3-9(14)4-2-8/h1-4,10,14H,5-7,12H2. The van der Waals surface area contributed by atoms with Gasteiger partial charge in [-0.05, 0) is 17.7 Å². The molecular weight excluding hydrogens is 208 g/mol. The predicted molar refractivity (Wildman–Crippen MR) is 58.0 cm³/mol. The first kappa shape index (κ1) is 10.8. The number of nitrogens with two attached hydrogens (primary N) is 1. The van der Waals surface area contributed by atoms with E-state index in [2.05, 4.69) is 0 Å². The molecule has 2 rings (SSSR count). The summed E-state index contributed by atoms with van der Waals surface area (Å²) in [5.74, 6) is 0.201. The Balaban J connectivity index is 2.07. The Morgan fingerprint density at radius 3 is 2.75 bits per heavy atom. The number of benzene rings is 1. The summed E-state index contributed by atoms with van der Waals surface area (Å²) in [5, 5.41) is 9.15. The Labute approximate surface area is 93.4 Å². The quantitative estimate of drug-likeness (QED) is 0.794. The third kappa shape index (κ3) is 2.09. The number of phenolic OH excluding ortho intramolecular Hbond substituents is 1. The number of carbonyl (C=O) groups is 1. The van der Waals surface area contributed by atoms with Crippen molar-refractivity contribution in [1.82, 2.24) is 4.90 Å². The van der Waals surface area contributed by atoms with Gasteiger partial charge in [-0.1, -0.05) is 12.1 Å². The normalized spacial score (nSPS) is 19.9. The summed E-state index contributed by atoms with van der Waals surface area (Å²) in [4.78, 5) is 13.0. The van der Waals surface area contributed by atoms with Crippen molar-refractivity contribution in [2.45, 2.75) is 6.10 Å². The molecule has 1 unspecified atom stereocenters. The number of ether oxygens (including phenoxy) is 1. The molecule has 1 aromatic rings. The summed E-state index contributed by atoms with van der Waals surface area (Å²) < 4.78 is 5.20. The molecule has 1 saturated heterocycles. The first-order valence-corrected chi connectivity index (χ1v) is 5.15. The van der Waals surface area contributed by atoms with E-state index >= 15 is 0 Å². The zero-order valence-electron chi connectivity index (χ0n) is 8.80. The van der Waals surface area contributed by atoms with E-state index in [1.54, 1.807) is 29.2 Å². The topological polar surface area (TPSA) is 75.8 Å². The van der Waals surface area contributed by atoms with Crippen LogP contribution in [0.5, 0.6) is 5.75 Å². The van der Waals surface area contributed by atoms with Crippen LogP contribution >= 0.6 is 0 Å². The van der Waals surface area contributed by atoms with Gasteiger partial charge in [0.15, 0.2) is 0 Å². The van der Waals surface area contributed by atoms with E-state index in [0.717, 1.165) is 5.56 Å². The van der Waals surface area contributed by atoms with Gasteiger partial charge >= 0.3 is 6.09 Å². The Morgan fingerprint density at radius 2 is 2.12 bits per heavy atom. The van der Waals surface area contributed by atoms with Gasteiger partial charge in [0.1, 0.15) is 11.9 Å². The van der Waals surface area contributed by atoms with E-state index in [0.29, 0.717) is 19.6 Å². The Bertz CT molecular complexity index is 377. The maximum Gasteiger partial charge on any atom is 0.410 e. The molecule has 86 valence electrons. The highest BCUT2D eigenvalue weighted by atomic mass is 16.6. The number of amides is 1. The average molecular weight is 222 g/mol. The van der Waals surface area contributed by atoms with Gasteiger partial charge in [-0.25, -0.2) is 4.79 Å². The summed E-state index contributed by atoms with van der Waals surface area (Å²) in [5.41, 5.74) is 6.27. The summed E-state index contributed by atoms with van der Waals surface area (Å²) in [7, 11) is 0. The molecule has 0 radical (unpaired) electrons. The van der Waals surface area contributed by atoms with Crippen LogP contribution in [-0.2, 0) is 4.74 Å². The fourth-order valence-corrected chi connectivity index (χ4v) is 1.71. The van der Waals surface area contributed by atoms with Crippen LogP contribution in [-0.4, -0.2) is 35.7 Å². The molecule has 0 saturated carbocycles. The molecule has 16 heavy (non-hydrogen) atoms. The number of hydrogen-bond acceptors (Lipinski definition) is 4. The molecule has 1 fully saturated rings. The first-order valence-electron chi connectivity index (χ1n) is 5.15. The minimum atomic E-state index is -0.330. The number of carbonyl (C=O) groups excluding carboxylic acids is 1. The average Bonchev–Trinajstić information content (AvgIpc) is 2.62. The molecule has 3 N–H and O–H groups in total. The van der Waals surface area contributed by atoms with Crippen molar-refractivity contribution in [1.29, 1.82) is 0 Å². The van der Waals surface area contributed by atoms with Crippen molar-refractivity contribution >= 4 is 6.09 Å². The maximum absolute atomic E-state index is 11.4. The SMILES string of the molecule is NCCN1CC(c2ccc(O)cc2)OC1=O. The highest BCUT2D eigenvalue weighted by Gasteiger charge is 2.31. The highest BCUT2D eigenvalue weighted by molar-refractivity contribution is 5.70. The molecule has 0 aliphatic carbocycles. The van der Waals surface area contributed by atoms with Crippen LogP contribution in [0, 0.1) is 0 Å². The number of rotatable bonds is 3. The molecule has 1 aromatic carbocycles. The first-order chi connectivity index (χ1) is 7.70. The minimum Gasteiger partial charge on any atom is -0.508 e. The van der Waals surface area contributed by atoms with Crippen LogP contribution in [0.1, 0.15) is 11.7 Å². The van der Waals surface area contributed by atoms with Crippen molar-refractivity contribution in [3.8, 4) is 5.75 Å². The lowest BCUT2D eigenvalue weighted by molar-refractivity contribution is 0.133. The molecule has 1 atom stereocenters. The monoisotopic (exact) mass is 222 g/mol. The lowest BCUT2D eigenvalue weighted by atomic mass is 10.1. The Morgan fingerprint density at radius 1 is 1.44 bits per heavy atom. The number of aromatic hydroxyl groups is 1. The second-order valence-corrected chi connectivity index (χ2v) is 3.70. The van der Waals surface area contributed by atoms with Crippen molar-refractivity contribution in [2.75, 3.05) is 19.6 Å². The molecule has 1 aliphatic heterocycles. The minimum absolute atomic E-state index is 0.201. The van der Waals surface area contributed by atoms with E-state index < -0.39 is 0 Å². The van der Waals surface area contributed by atoms with Crippen molar-refractivity contribution in [3.63, 3.8) is 0 Å². The van der Waals surface area contributed by atoms with Gasteiger partial charge in [0.2, 0.25) is 0 Å². The van der Waals surface area contributed by atoms with E-state index in [-0.39, 0.29) is 17.9 Å². The fraction of sp³-hybridized carbons (Fsp3) is 0.364. The summed E-state index contributed by atoms with van der Waals surface area (Å²) in [6.07, 6.45) is -0.594. The van der Waals surface area contributed by atoms with E-state index in [1.807, 2.05) is 0 Å². The van der Waals surface area contributed by atoms with E-state index in [4.69, 9.17) is 15.6 Å². The van der Waals surface area contributed by atoms with Gasteiger partial charge in [-0.2, -0.15) is 0 Å². The van der Waals surface area contributed by atoms with Crippen LogP contribution in [0.25, 0.3) is 0 Å².